The van der Waals surface area contributed by atoms with Gasteiger partial charge in [-0.05, 0) is 38.1 Å². The van der Waals surface area contributed by atoms with Crippen molar-refractivity contribution in [2.75, 3.05) is 14.2 Å². The SMILES string of the molecule is CCn1ncc(Cl)c1C(Cc1cccc(OC)c1)NC. The molecule has 0 spiro atoms. The van der Waals surface area contributed by atoms with Gasteiger partial charge < -0.3 is 10.1 Å². The third-order valence-corrected chi connectivity index (χ3v) is 3.68. The Morgan fingerprint density at radius 1 is 1.45 bits per heavy atom. The molecule has 0 bridgehead atoms. The van der Waals surface area contributed by atoms with Crippen LogP contribution in [-0.2, 0) is 13.0 Å². The van der Waals surface area contributed by atoms with Crippen molar-refractivity contribution in [1.29, 1.82) is 0 Å². The van der Waals surface area contributed by atoms with Crippen LogP contribution in [0.3, 0.4) is 0 Å². The molecule has 1 N–H and O–H groups in total. The van der Waals surface area contributed by atoms with E-state index in [4.69, 9.17) is 16.3 Å². The van der Waals surface area contributed by atoms with E-state index in [1.165, 1.54) is 5.56 Å². The zero-order chi connectivity index (χ0) is 14.5. The van der Waals surface area contributed by atoms with Crippen molar-refractivity contribution >= 4 is 11.6 Å². The molecule has 2 rings (SSSR count). The van der Waals surface area contributed by atoms with E-state index in [9.17, 15) is 0 Å². The van der Waals surface area contributed by atoms with Gasteiger partial charge in [-0.15, -0.1) is 0 Å². The van der Waals surface area contributed by atoms with E-state index < -0.39 is 0 Å². The van der Waals surface area contributed by atoms with Crippen LogP contribution in [0.2, 0.25) is 5.02 Å². The molecule has 1 aromatic heterocycles. The average molecular weight is 294 g/mol. The lowest BCUT2D eigenvalue weighted by atomic mass is 10.0. The van der Waals surface area contributed by atoms with Crippen molar-refractivity contribution in [3.05, 3.63) is 46.7 Å². The van der Waals surface area contributed by atoms with E-state index in [1.807, 2.05) is 29.9 Å². The quantitative estimate of drug-likeness (QED) is 0.890. The largest absolute Gasteiger partial charge is 0.497 e. The van der Waals surface area contributed by atoms with Crippen LogP contribution in [-0.4, -0.2) is 23.9 Å². The fraction of sp³-hybridized carbons (Fsp3) is 0.400. The molecule has 1 aromatic carbocycles. The normalized spacial score (nSPS) is 12.4. The van der Waals surface area contributed by atoms with Gasteiger partial charge in [-0.3, -0.25) is 4.68 Å². The fourth-order valence-electron chi connectivity index (χ4n) is 2.34. The molecule has 0 saturated heterocycles. The smallest absolute Gasteiger partial charge is 0.119 e. The van der Waals surface area contributed by atoms with E-state index in [-0.39, 0.29) is 6.04 Å². The third kappa shape index (κ3) is 3.14. The number of rotatable bonds is 6. The lowest BCUT2D eigenvalue weighted by Crippen LogP contribution is -2.22. The highest BCUT2D eigenvalue weighted by Crippen LogP contribution is 2.26. The second-order valence-corrected chi connectivity index (χ2v) is 5.00. The highest BCUT2D eigenvalue weighted by Gasteiger charge is 2.19. The molecule has 2 aromatic rings. The van der Waals surface area contributed by atoms with E-state index in [1.54, 1.807) is 13.3 Å². The minimum atomic E-state index is 0.122. The van der Waals surface area contributed by atoms with Crippen LogP contribution in [0.1, 0.15) is 24.2 Å². The van der Waals surface area contributed by atoms with E-state index in [0.717, 1.165) is 24.4 Å². The number of halogens is 1. The average Bonchev–Trinajstić information content (AvgIpc) is 2.86. The molecule has 0 aliphatic carbocycles. The number of nitrogens with zero attached hydrogens (tertiary/aromatic N) is 2. The number of methoxy groups -OCH3 is 1. The molecule has 1 unspecified atom stereocenters. The lowest BCUT2D eigenvalue weighted by molar-refractivity contribution is 0.413. The second-order valence-electron chi connectivity index (χ2n) is 4.59. The van der Waals surface area contributed by atoms with Crippen molar-refractivity contribution in [3.8, 4) is 5.75 Å². The first kappa shape index (κ1) is 14.9. The van der Waals surface area contributed by atoms with Crippen LogP contribution in [0.15, 0.2) is 30.5 Å². The van der Waals surface area contributed by atoms with Gasteiger partial charge in [0.25, 0.3) is 0 Å². The minimum Gasteiger partial charge on any atom is -0.497 e. The Balaban J connectivity index is 2.26. The van der Waals surface area contributed by atoms with Gasteiger partial charge in [0, 0.05) is 6.54 Å². The Morgan fingerprint density at radius 2 is 2.25 bits per heavy atom. The Kier molecular flexibility index (Phi) is 5.04. The number of aryl methyl sites for hydroxylation is 1. The highest BCUT2D eigenvalue weighted by molar-refractivity contribution is 6.31. The maximum Gasteiger partial charge on any atom is 0.119 e. The number of likely N-dealkylation sites (N-methyl/N-ethyl adjacent to an activating group) is 1. The summed E-state index contributed by atoms with van der Waals surface area (Å²) in [6.45, 7) is 2.86. The standard InChI is InChI=1S/C15H20ClN3O/c1-4-19-15(13(16)10-18-19)14(17-2)9-11-6-5-7-12(8-11)20-3/h5-8,10,14,17H,4,9H2,1-3H3. The minimum absolute atomic E-state index is 0.122. The molecule has 20 heavy (non-hydrogen) atoms. The first-order chi connectivity index (χ1) is 9.69. The molecule has 4 nitrogen and oxygen atoms in total. The van der Waals surface area contributed by atoms with Crippen molar-refractivity contribution in [3.63, 3.8) is 0 Å². The maximum absolute atomic E-state index is 6.27. The van der Waals surface area contributed by atoms with Crippen molar-refractivity contribution in [2.45, 2.75) is 25.9 Å². The van der Waals surface area contributed by atoms with E-state index >= 15 is 0 Å². The first-order valence-electron chi connectivity index (χ1n) is 6.71. The van der Waals surface area contributed by atoms with Crippen LogP contribution >= 0.6 is 11.6 Å². The summed E-state index contributed by atoms with van der Waals surface area (Å²) >= 11 is 6.27. The Labute approximate surface area is 124 Å². The van der Waals surface area contributed by atoms with Gasteiger partial charge in [0.2, 0.25) is 0 Å². The summed E-state index contributed by atoms with van der Waals surface area (Å²) in [6.07, 6.45) is 2.54. The zero-order valence-corrected chi connectivity index (χ0v) is 12.8. The Bertz CT molecular complexity index is 568. The number of nitrogens with one attached hydrogen (secondary N) is 1. The van der Waals surface area contributed by atoms with Crippen molar-refractivity contribution in [1.82, 2.24) is 15.1 Å². The molecule has 1 heterocycles. The van der Waals surface area contributed by atoms with Gasteiger partial charge in [0.05, 0.1) is 30.1 Å². The number of aromatic nitrogens is 2. The van der Waals surface area contributed by atoms with Gasteiger partial charge in [-0.25, -0.2) is 0 Å². The monoisotopic (exact) mass is 293 g/mol. The summed E-state index contributed by atoms with van der Waals surface area (Å²) in [4.78, 5) is 0. The zero-order valence-electron chi connectivity index (χ0n) is 12.1. The third-order valence-electron chi connectivity index (χ3n) is 3.39. The predicted octanol–water partition coefficient (Wildman–Crippen LogP) is 3.07. The van der Waals surface area contributed by atoms with Crippen LogP contribution in [0, 0.1) is 0 Å². The molecule has 5 heteroatoms. The molecule has 0 aliphatic heterocycles. The highest BCUT2D eigenvalue weighted by atomic mass is 35.5. The summed E-state index contributed by atoms with van der Waals surface area (Å²) in [5.41, 5.74) is 2.23. The number of hydrogen-bond acceptors (Lipinski definition) is 3. The molecular formula is C15H20ClN3O. The summed E-state index contributed by atoms with van der Waals surface area (Å²) in [7, 11) is 3.62. The van der Waals surface area contributed by atoms with Crippen molar-refractivity contribution in [2.24, 2.45) is 0 Å². The maximum atomic E-state index is 6.27. The van der Waals surface area contributed by atoms with Gasteiger partial charge in [0.1, 0.15) is 5.75 Å². The van der Waals surface area contributed by atoms with Crippen LogP contribution in [0.25, 0.3) is 0 Å². The number of benzene rings is 1. The molecule has 108 valence electrons. The van der Waals surface area contributed by atoms with Crippen LogP contribution in [0.5, 0.6) is 5.75 Å². The van der Waals surface area contributed by atoms with Gasteiger partial charge in [-0.2, -0.15) is 5.10 Å². The Hall–Kier alpha value is -1.52. The number of ether oxygens (including phenoxy) is 1. The van der Waals surface area contributed by atoms with Gasteiger partial charge >= 0.3 is 0 Å². The summed E-state index contributed by atoms with van der Waals surface area (Å²) in [6, 6.07) is 8.20. The lowest BCUT2D eigenvalue weighted by Gasteiger charge is -2.18. The second kappa shape index (κ2) is 6.77. The summed E-state index contributed by atoms with van der Waals surface area (Å²) in [5, 5.41) is 8.32. The molecule has 0 saturated carbocycles. The van der Waals surface area contributed by atoms with E-state index in [2.05, 4.69) is 23.4 Å². The van der Waals surface area contributed by atoms with Crippen molar-refractivity contribution < 1.29 is 4.74 Å². The molecule has 0 amide bonds. The van der Waals surface area contributed by atoms with Crippen LogP contribution in [0.4, 0.5) is 0 Å². The summed E-state index contributed by atoms with van der Waals surface area (Å²) < 4.78 is 7.20. The predicted molar refractivity (Wildman–Crippen MR) is 81.4 cm³/mol. The Morgan fingerprint density at radius 3 is 2.90 bits per heavy atom. The molecule has 0 fully saturated rings. The topological polar surface area (TPSA) is 39.1 Å². The molecule has 0 radical (unpaired) electrons. The molecule has 0 aliphatic rings. The van der Waals surface area contributed by atoms with Gasteiger partial charge in [-0.1, -0.05) is 23.7 Å². The van der Waals surface area contributed by atoms with Gasteiger partial charge in [0.15, 0.2) is 0 Å². The summed E-state index contributed by atoms with van der Waals surface area (Å²) in [5.74, 6) is 0.868. The number of hydrogen-bond donors (Lipinski definition) is 1. The fourth-order valence-corrected chi connectivity index (χ4v) is 2.61. The first-order valence-corrected chi connectivity index (χ1v) is 7.08. The van der Waals surface area contributed by atoms with E-state index in [0.29, 0.717) is 5.02 Å². The molecule has 1 atom stereocenters. The molecular weight excluding hydrogens is 274 g/mol. The van der Waals surface area contributed by atoms with Crippen LogP contribution < -0.4 is 10.1 Å².